The summed E-state index contributed by atoms with van der Waals surface area (Å²) in [7, 11) is 0. The molecule has 1 spiro atoms. The largest absolute Gasteiger partial charge is 0.334 e. The van der Waals surface area contributed by atoms with Crippen LogP contribution in [0.25, 0.3) is 0 Å². The quantitative estimate of drug-likeness (QED) is 0.826. The normalized spacial score (nSPS) is 48.3. The van der Waals surface area contributed by atoms with Crippen molar-refractivity contribution in [2.45, 2.75) is 51.0 Å². The second-order valence-electron chi connectivity index (χ2n) is 7.44. The molecule has 1 aliphatic heterocycles. The van der Waals surface area contributed by atoms with E-state index in [0.29, 0.717) is 12.5 Å². The minimum atomic E-state index is 0.193. The van der Waals surface area contributed by atoms with Gasteiger partial charge in [-0.05, 0) is 62.2 Å². The molecule has 0 unspecified atom stereocenters. The van der Waals surface area contributed by atoms with Crippen molar-refractivity contribution in [1.82, 2.24) is 10.2 Å². The molecular formula is C16H26N2O. The molecule has 1 N–H and O–H groups in total. The predicted molar refractivity (Wildman–Crippen MR) is 74.6 cm³/mol. The fraction of sp³-hybridized carbons (Fsp3) is 0.938. The zero-order valence-corrected chi connectivity index (χ0v) is 12.0. The Labute approximate surface area is 116 Å². The minimum Gasteiger partial charge on any atom is -0.334 e. The standard InChI is InChI=1S/C16H26N2O/c1-2-3-18-15(19)9-17-10-16(18)13-5-11-4-12(7-13)8-14(16)6-11/h11-14,17H,2-10H2,1H3. The fourth-order valence-corrected chi connectivity index (χ4v) is 6.08. The van der Waals surface area contributed by atoms with Gasteiger partial charge in [0.2, 0.25) is 5.91 Å². The minimum absolute atomic E-state index is 0.193. The van der Waals surface area contributed by atoms with Crippen LogP contribution in [0, 0.1) is 23.7 Å². The first-order valence-corrected chi connectivity index (χ1v) is 8.25. The monoisotopic (exact) mass is 262 g/mol. The van der Waals surface area contributed by atoms with Crippen molar-refractivity contribution in [3.8, 4) is 0 Å². The smallest absolute Gasteiger partial charge is 0.237 e. The summed E-state index contributed by atoms with van der Waals surface area (Å²) in [6, 6.07) is 0. The highest BCUT2D eigenvalue weighted by molar-refractivity contribution is 5.80. The molecule has 106 valence electrons. The number of carbonyl (C=O) groups is 1. The van der Waals surface area contributed by atoms with Crippen LogP contribution in [0.1, 0.15) is 45.4 Å². The van der Waals surface area contributed by atoms with E-state index in [-0.39, 0.29) is 5.54 Å². The molecule has 1 heterocycles. The highest BCUT2D eigenvalue weighted by atomic mass is 16.2. The Balaban J connectivity index is 1.72. The Hall–Kier alpha value is -0.570. The van der Waals surface area contributed by atoms with Crippen molar-refractivity contribution < 1.29 is 4.79 Å². The predicted octanol–water partition coefficient (Wildman–Crippen LogP) is 2.02. The van der Waals surface area contributed by atoms with E-state index in [2.05, 4.69) is 17.1 Å². The van der Waals surface area contributed by atoms with E-state index in [4.69, 9.17) is 0 Å². The lowest BCUT2D eigenvalue weighted by Crippen LogP contribution is -2.74. The van der Waals surface area contributed by atoms with Crippen LogP contribution < -0.4 is 5.32 Å². The molecule has 0 aromatic carbocycles. The van der Waals surface area contributed by atoms with Gasteiger partial charge in [0.15, 0.2) is 0 Å². The lowest BCUT2D eigenvalue weighted by atomic mass is 9.47. The Morgan fingerprint density at radius 1 is 1.16 bits per heavy atom. The number of hydrogen-bond donors (Lipinski definition) is 1. The summed E-state index contributed by atoms with van der Waals surface area (Å²) in [5.41, 5.74) is 0.193. The fourth-order valence-electron chi connectivity index (χ4n) is 6.08. The maximum absolute atomic E-state index is 12.4. The third kappa shape index (κ3) is 1.57. The molecule has 4 saturated carbocycles. The number of carbonyl (C=O) groups excluding carboxylic acids is 1. The summed E-state index contributed by atoms with van der Waals surface area (Å²) in [6.45, 7) is 4.81. The van der Waals surface area contributed by atoms with Crippen molar-refractivity contribution in [2.24, 2.45) is 23.7 Å². The average Bonchev–Trinajstić information content (AvgIpc) is 2.38. The van der Waals surface area contributed by atoms with Crippen LogP contribution in [0.5, 0.6) is 0 Å². The summed E-state index contributed by atoms with van der Waals surface area (Å²) in [5, 5.41) is 3.45. The second kappa shape index (κ2) is 4.21. The molecule has 0 aromatic rings. The van der Waals surface area contributed by atoms with E-state index in [1.54, 1.807) is 0 Å². The van der Waals surface area contributed by atoms with Gasteiger partial charge in [-0.15, -0.1) is 0 Å². The molecule has 0 radical (unpaired) electrons. The molecule has 3 nitrogen and oxygen atoms in total. The van der Waals surface area contributed by atoms with Gasteiger partial charge in [0.25, 0.3) is 0 Å². The first-order chi connectivity index (χ1) is 9.24. The number of nitrogens with one attached hydrogen (secondary N) is 1. The molecule has 1 amide bonds. The van der Waals surface area contributed by atoms with Crippen LogP contribution in [0.4, 0.5) is 0 Å². The van der Waals surface area contributed by atoms with Gasteiger partial charge in [-0.25, -0.2) is 0 Å². The van der Waals surface area contributed by atoms with Gasteiger partial charge in [-0.1, -0.05) is 6.92 Å². The first-order valence-electron chi connectivity index (χ1n) is 8.25. The van der Waals surface area contributed by atoms with Gasteiger partial charge >= 0.3 is 0 Å². The van der Waals surface area contributed by atoms with E-state index in [1.165, 1.54) is 32.1 Å². The van der Waals surface area contributed by atoms with E-state index in [9.17, 15) is 4.79 Å². The lowest BCUT2D eigenvalue weighted by molar-refractivity contribution is -0.171. The number of nitrogens with zero attached hydrogens (tertiary/aromatic N) is 1. The molecule has 5 fully saturated rings. The van der Waals surface area contributed by atoms with Crippen LogP contribution in [0.3, 0.4) is 0 Å². The Bertz CT molecular complexity index is 364. The van der Waals surface area contributed by atoms with Crippen LogP contribution in [0.2, 0.25) is 0 Å². The van der Waals surface area contributed by atoms with E-state index < -0.39 is 0 Å². The van der Waals surface area contributed by atoms with Crippen LogP contribution in [-0.2, 0) is 4.79 Å². The van der Waals surface area contributed by atoms with E-state index in [0.717, 1.165) is 43.2 Å². The summed E-state index contributed by atoms with van der Waals surface area (Å²) in [5.74, 6) is 3.89. The maximum Gasteiger partial charge on any atom is 0.237 e. The molecule has 3 heteroatoms. The summed E-state index contributed by atoms with van der Waals surface area (Å²) in [4.78, 5) is 14.8. The molecule has 4 aliphatic carbocycles. The van der Waals surface area contributed by atoms with Crippen LogP contribution in [0.15, 0.2) is 0 Å². The third-order valence-corrected chi connectivity index (χ3v) is 6.49. The Morgan fingerprint density at radius 2 is 1.79 bits per heavy atom. The SMILES string of the molecule is CCCN1C(=O)CNCC12C1CC3CC(C1)CC2C3. The van der Waals surface area contributed by atoms with Crippen molar-refractivity contribution in [3.05, 3.63) is 0 Å². The van der Waals surface area contributed by atoms with Crippen molar-refractivity contribution >= 4 is 5.91 Å². The molecule has 4 bridgehead atoms. The second-order valence-corrected chi connectivity index (χ2v) is 7.44. The van der Waals surface area contributed by atoms with Crippen LogP contribution >= 0.6 is 0 Å². The molecule has 0 atom stereocenters. The number of amides is 1. The molecule has 1 saturated heterocycles. The van der Waals surface area contributed by atoms with Crippen molar-refractivity contribution in [1.29, 1.82) is 0 Å². The van der Waals surface area contributed by atoms with Gasteiger partial charge in [0, 0.05) is 13.1 Å². The summed E-state index contributed by atoms with van der Waals surface area (Å²) in [6.07, 6.45) is 8.15. The first kappa shape index (κ1) is 12.2. The van der Waals surface area contributed by atoms with Gasteiger partial charge in [-0.3, -0.25) is 4.79 Å². The number of hydrogen-bond acceptors (Lipinski definition) is 2. The number of rotatable bonds is 2. The van der Waals surface area contributed by atoms with Crippen molar-refractivity contribution in [3.63, 3.8) is 0 Å². The summed E-state index contributed by atoms with van der Waals surface area (Å²) >= 11 is 0. The highest BCUT2D eigenvalue weighted by Crippen LogP contribution is 2.60. The van der Waals surface area contributed by atoms with Crippen LogP contribution in [-0.4, -0.2) is 36.0 Å². The Kier molecular flexibility index (Phi) is 2.70. The maximum atomic E-state index is 12.4. The van der Waals surface area contributed by atoms with E-state index >= 15 is 0 Å². The molecule has 5 aliphatic rings. The third-order valence-electron chi connectivity index (χ3n) is 6.49. The summed E-state index contributed by atoms with van der Waals surface area (Å²) < 4.78 is 0. The van der Waals surface area contributed by atoms with E-state index in [1.807, 2.05) is 0 Å². The van der Waals surface area contributed by atoms with Gasteiger partial charge in [0.05, 0.1) is 12.1 Å². The molecular weight excluding hydrogens is 236 g/mol. The highest BCUT2D eigenvalue weighted by Gasteiger charge is 2.61. The molecule has 0 aromatic heterocycles. The molecule has 5 rings (SSSR count). The molecule has 19 heavy (non-hydrogen) atoms. The van der Waals surface area contributed by atoms with Gasteiger partial charge < -0.3 is 10.2 Å². The van der Waals surface area contributed by atoms with Crippen molar-refractivity contribution in [2.75, 3.05) is 19.6 Å². The zero-order chi connectivity index (χ0) is 13.0. The van der Waals surface area contributed by atoms with Gasteiger partial charge in [-0.2, -0.15) is 0 Å². The number of piperazine rings is 1. The Morgan fingerprint density at radius 3 is 2.37 bits per heavy atom. The zero-order valence-electron chi connectivity index (χ0n) is 12.0. The lowest BCUT2D eigenvalue weighted by Gasteiger charge is -2.66. The average molecular weight is 262 g/mol. The van der Waals surface area contributed by atoms with Gasteiger partial charge in [0.1, 0.15) is 0 Å². The topological polar surface area (TPSA) is 32.3 Å².